The molecule has 12 heavy (non-hydrogen) atoms. The van der Waals surface area contributed by atoms with Gasteiger partial charge in [0.05, 0.1) is 11.8 Å². The first-order valence-corrected chi connectivity index (χ1v) is 3.74. The summed E-state index contributed by atoms with van der Waals surface area (Å²) in [4.78, 5) is 0. The fraction of sp³-hybridized carbons (Fsp3) is 0.222. The number of nitrogens with zero attached hydrogens (tertiary/aromatic N) is 1. The van der Waals surface area contributed by atoms with E-state index in [0.717, 1.165) is 5.56 Å². The number of oxime groups is 1. The van der Waals surface area contributed by atoms with E-state index in [1.54, 1.807) is 6.92 Å². The Kier molecular flexibility index (Phi) is 2.82. The van der Waals surface area contributed by atoms with Gasteiger partial charge in [-0.15, -0.1) is 0 Å². The van der Waals surface area contributed by atoms with Crippen molar-refractivity contribution in [3.63, 3.8) is 0 Å². The molecule has 3 heteroatoms. The van der Waals surface area contributed by atoms with Crippen molar-refractivity contribution in [2.45, 2.75) is 13.0 Å². The molecule has 0 bridgehead atoms. The highest BCUT2D eigenvalue weighted by Gasteiger charge is 2.07. The fourth-order valence-corrected chi connectivity index (χ4v) is 0.964. The van der Waals surface area contributed by atoms with Crippen molar-refractivity contribution in [2.24, 2.45) is 10.9 Å². The second-order valence-corrected chi connectivity index (χ2v) is 2.63. The quantitative estimate of drug-likeness (QED) is 0.395. The molecule has 0 saturated carbocycles. The van der Waals surface area contributed by atoms with E-state index in [-0.39, 0.29) is 6.04 Å². The van der Waals surface area contributed by atoms with Crippen LogP contribution >= 0.6 is 0 Å². The van der Waals surface area contributed by atoms with Crippen LogP contribution in [0.1, 0.15) is 18.5 Å². The summed E-state index contributed by atoms with van der Waals surface area (Å²) in [5.41, 5.74) is 7.22. The predicted molar refractivity (Wildman–Crippen MR) is 48.3 cm³/mol. The molecule has 0 amide bonds. The van der Waals surface area contributed by atoms with Crippen molar-refractivity contribution in [3.8, 4) is 0 Å². The van der Waals surface area contributed by atoms with E-state index < -0.39 is 0 Å². The van der Waals surface area contributed by atoms with Crippen LogP contribution in [0.15, 0.2) is 35.5 Å². The van der Waals surface area contributed by atoms with Crippen LogP contribution in [0, 0.1) is 0 Å². The molecule has 1 atom stereocenters. The number of benzene rings is 1. The first-order valence-electron chi connectivity index (χ1n) is 3.74. The lowest BCUT2D eigenvalue weighted by Gasteiger charge is -2.09. The van der Waals surface area contributed by atoms with Gasteiger partial charge in [-0.25, -0.2) is 0 Å². The zero-order valence-electron chi connectivity index (χ0n) is 6.94. The minimum atomic E-state index is -0.309. The molecule has 0 aliphatic heterocycles. The van der Waals surface area contributed by atoms with Gasteiger partial charge in [-0.1, -0.05) is 35.5 Å². The number of rotatable bonds is 2. The van der Waals surface area contributed by atoms with Gasteiger partial charge in [0, 0.05) is 0 Å². The fourth-order valence-electron chi connectivity index (χ4n) is 0.964. The molecule has 1 rings (SSSR count). The van der Waals surface area contributed by atoms with Crippen molar-refractivity contribution in [2.75, 3.05) is 0 Å². The van der Waals surface area contributed by atoms with Gasteiger partial charge in [-0.05, 0) is 12.5 Å². The monoisotopic (exact) mass is 164 g/mol. The predicted octanol–water partition coefficient (Wildman–Crippen LogP) is 1.54. The van der Waals surface area contributed by atoms with Crippen LogP contribution in [0.4, 0.5) is 0 Å². The molecule has 64 valence electrons. The molecule has 0 heterocycles. The van der Waals surface area contributed by atoms with E-state index in [2.05, 4.69) is 5.16 Å². The Balaban J connectivity index is 2.86. The lowest BCUT2D eigenvalue weighted by Crippen LogP contribution is -2.18. The maximum Gasteiger partial charge on any atom is 0.0752 e. The van der Waals surface area contributed by atoms with E-state index in [0.29, 0.717) is 5.71 Å². The zero-order valence-corrected chi connectivity index (χ0v) is 6.94. The van der Waals surface area contributed by atoms with Gasteiger partial charge in [0.15, 0.2) is 0 Å². The summed E-state index contributed by atoms with van der Waals surface area (Å²) >= 11 is 0. The summed E-state index contributed by atoms with van der Waals surface area (Å²) in [6, 6.07) is 9.22. The lowest BCUT2D eigenvalue weighted by molar-refractivity contribution is 0.316. The van der Waals surface area contributed by atoms with Gasteiger partial charge >= 0.3 is 0 Å². The summed E-state index contributed by atoms with van der Waals surface area (Å²) in [5, 5.41) is 11.5. The molecule has 0 spiro atoms. The Hall–Kier alpha value is -1.35. The van der Waals surface area contributed by atoms with Crippen LogP contribution in [0.3, 0.4) is 0 Å². The van der Waals surface area contributed by atoms with Crippen molar-refractivity contribution in [1.29, 1.82) is 0 Å². The van der Waals surface area contributed by atoms with Crippen LogP contribution in [0.2, 0.25) is 0 Å². The van der Waals surface area contributed by atoms with Crippen LogP contribution < -0.4 is 5.73 Å². The summed E-state index contributed by atoms with van der Waals surface area (Å²) in [7, 11) is 0. The first-order chi connectivity index (χ1) is 5.75. The normalized spacial score (nSPS) is 14.3. The second kappa shape index (κ2) is 3.88. The molecular formula is C9H12N2O. The lowest BCUT2D eigenvalue weighted by atomic mass is 10.0. The van der Waals surface area contributed by atoms with E-state index >= 15 is 0 Å². The Morgan fingerprint density at radius 1 is 1.42 bits per heavy atom. The zero-order chi connectivity index (χ0) is 8.97. The van der Waals surface area contributed by atoms with Gasteiger partial charge in [0.2, 0.25) is 0 Å². The maximum atomic E-state index is 8.47. The van der Waals surface area contributed by atoms with Crippen LogP contribution in [0.5, 0.6) is 0 Å². The Morgan fingerprint density at radius 2 is 2.00 bits per heavy atom. The third-order valence-electron chi connectivity index (χ3n) is 1.77. The third-order valence-corrected chi connectivity index (χ3v) is 1.77. The van der Waals surface area contributed by atoms with Crippen molar-refractivity contribution >= 4 is 5.71 Å². The second-order valence-electron chi connectivity index (χ2n) is 2.63. The number of nitrogens with two attached hydrogens (primary N) is 1. The molecule has 0 aliphatic carbocycles. The maximum absolute atomic E-state index is 8.47. The van der Waals surface area contributed by atoms with Crippen LogP contribution in [-0.2, 0) is 0 Å². The average Bonchev–Trinajstić information content (AvgIpc) is 2.17. The van der Waals surface area contributed by atoms with Crippen molar-refractivity contribution < 1.29 is 5.21 Å². The van der Waals surface area contributed by atoms with E-state index in [1.807, 2.05) is 30.3 Å². The van der Waals surface area contributed by atoms with Gasteiger partial charge in [-0.2, -0.15) is 0 Å². The van der Waals surface area contributed by atoms with Crippen molar-refractivity contribution in [3.05, 3.63) is 35.9 Å². The highest BCUT2D eigenvalue weighted by Crippen LogP contribution is 2.10. The molecule has 0 fully saturated rings. The van der Waals surface area contributed by atoms with Gasteiger partial charge < -0.3 is 10.9 Å². The molecule has 3 N–H and O–H groups in total. The smallest absolute Gasteiger partial charge is 0.0752 e. The van der Waals surface area contributed by atoms with E-state index in [4.69, 9.17) is 10.9 Å². The van der Waals surface area contributed by atoms with Crippen LogP contribution in [-0.4, -0.2) is 10.9 Å². The molecule has 1 aromatic rings. The minimum Gasteiger partial charge on any atom is -0.411 e. The summed E-state index contributed by atoms with van der Waals surface area (Å²) < 4.78 is 0. The summed E-state index contributed by atoms with van der Waals surface area (Å²) in [6.07, 6.45) is 0. The highest BCUT2D eigenvalue weighted by molar-refractivity contribution is 5.87. The number of hydrogen-bond donors (Lipinski definition) is 2. The first kappa shape index (κ1) is 8.74. The number of hydrogen-bond acceptors (Lipinski definition) is 3. The average molecular weight is 164 g/mol. The molecule has 0 aliphatic rings. The molecule has 1 unspecified atom stereocenters. The molecule has 1 aromatic carbocycles. The largest absolute Gasteiger partial charge is 0.411 e. The van der Waals surface area contributed by atoms with Gasteiger partial charge in [0.25, 0.3) is 0 Å². The summed E-state index contributed by atoms with van der Waals surface area (Å²) in [5.74, 6) is 0. The van der Waals surface area contributed by atoms with Gasteiger partial charge in [-0.3, -0.25) is 0 Å². The van der Waals surface area contributed by atoms with E-state index in [1.165, 1.54) is 0 Å². The van der Waals surface area contributed by atoms with Crippen LogP contribution in [0.25, 0.3) is 0 Å². The summed E-state index contributed by atoms with van der Waals surface area (Å²) in [6.45, 7) is 1.69. The SMILES string of the molecule is CC(=NO)C(N)c1ccccc1. The Labute approximate surface area is 71.5 Å². The van der Waals surface area contributed by atoms with E-state index in [9.17, 15) is 0 Å². The molecule has 0 radical (unpaired) electrons. The highest BCUT2D eigenvalue weighted by atomic mass is 16.4. The van der Waals surface area contributed by atoms with Gasteiger partial charge in [0.1, 0.15) is 0 Å². The molecule has 0 saturated heterocycles. The van der Waals surface area contributed by atoms with Crippen molar-refractivity contribution in [1.82, 2.24) is 0 Å². The molecule has 3 nitrogen and oxygen atoms in total. The Morgan fingerprint density at radius 3 is 2.50 bits per heavy atom. The Bertz CT molecular complexity index is 269. The standard InChI is InChI=1S/C9H12N2O/c1-7(11-12)9(10)8-5-3-2-4-6-8/h2-6,9,12H,10H2,1H3. The topological polar surface area (TPSA) is 58.6 Å². The molecule has 0 aromatic heterocycles. The third kappa shape index (κ3) is 1.83. The molecular weight excluding hydrogens is 152 g/mol. The minimum absolute atomic E-state index is 0.309.